The van der Waals surface area contributed by atoms with Crippen LogP contribution in [0.1, 0.15) is 15.9 Å². The first-order valence-corrected chi connectivity index (χ1v) is 6.65. The van der Waals surface area contributed by atoms with Crippen molar-refractivity contribution in [2.24, 2.45) is 0 Å². The maximum Gasteiger partial charge on any atom is 0.171 e. The Balaban J connectivity index is 1.93. The normalized spacial score (nSPS) is 10.9. The predicted molar refractivity (Wildman–Crippen MR) is 77.5 cm³/mol. The average Bonchev–Trinajstić information content (AvgIpc) is 2.86. The minimum Gasteiger partial charge on any atom is -0.294 e. The summed E-state index contributed by atoms with van der Waals surface area (Å²) in [6.07, 6.45) is 6.67. The van der Waals surface area contributed by atoms with Crippen molar-refractivity contribution in [1.82, 2.24) is 14.6 Å². The van der Waals surface area contributed by atoms with Gasteiger partial charge < -0.3 is 0 Å². The van der Waals surface area contributed by atoms with Crippen LogP contribution in [-0.4, -0.2) is 20.4 Å². The van der Waals surface area contributed by atoms with Crippen LogP contribution in [0.2, 0.25) is 10.0 Å². The highest BCUT2D eigenvalue weighted by Crippen LogP contribution is 2.23. The second-order valence-electron chi connectivity index (χ2n) is 4.30. The van der Waals surface area contributed by atoms with Gasteiger partial charge in [-0.3, -0.25) is 9.78 Å². The first kappa shape index (κ1) is 13.1. The Morgan fingerprint density at radius 2 is 2.10 bits per heavy atom. The molecule has 2 aromatic heterocycles. The van der Waals surface area contributed by atoms with Crippen LogP contribution < -0.4 is 0 Å². The minimum absolute atomic E-state index is 0.0581. The Kier molecular flexibility index (Phi) is 3.42. The van der Waals surface area contributed by atoms with Crippen LogP contribution in [0.5, 0.6) is 0 Å². The highest BCUT2D eigenvalue weighted by molar-refractivity contribution is 6.35. The summed E-state index contributed by atoms with van der Waals surface area (Å²) in [5.74, 6) is -0.0581. The lowest BCUT2D eigenvalue weighted by Crippen LogP contribution is -2.04. The highest BCUT2D eigenvalue weighted by Gasteiger charge is 2.14. The molecule has 0 spiro atoms. The van der Waals surface area contributed by atoms with Gasteiger partial charge in [-0.1, -0.05) is 29.3 Å². The largest absolute Gasteiger partial charge is 0.294 e. The topological polar surface area (TPSA) is 47.3 Å². The molecule has 0 saturated carbocycles. The summed E-state index contributed by atoms with van der Waals surface area (Å²) in [5, 5.41) is 5.15. The summed E-state index contributed by atoms with van der Waals surface area (Å²) in [6.45, 7) is 0. The van der Waals surface area contributed by atoms with E-state index in [0.717, 1.165) is 5.56 Å². The fraction of sp³-hybridized carbons (Fsp3) is 0.0714. The quantitative estimate of drug-likeness (QED) is 0.696. The number of halogens is 2. The second kappa shape index (κ2) is 5.23. The van der Waals surface area contributed by atoms with E-state index in [0.29, 0.717) is 21.1 Å². The van der Waals surface area contributed by atoms with Gasteiger partial charge in [0.2, 0.25) is 0 Å². The second-order valence-corrected chi connectivity index (χ2v) is 5.14. The van der Waals surface area contributed by atoms with Crippen molar-refractivity contribution in [1.29, 1.82) is 0 Å². The number of benzene rings is 1. The molecule has 0 atom stereocenters. The maximum atomic E-state index is 12.4. The molecule has 0 saturated heterocycles. The van der Waals surface area contributed by atoms with Crippen LogP contribution in [0.4, 0.5) is 0 Å². The fourth-order valence-electron chi connectivity index (χ4n) is 1.98. The third-order valence-corrected chi connectivity index (χ3v) is 3.58. The monoisotopic (exact) mass is 305 g/mol. The molecule has 0 aliphatic rings. The van der Waals surface area contributed by atoms with Crippen molar-refractivity contribution in [2.75, 3.05) is 0 Å². The fourth-order valence-corrected chi connectivity index (χ4v) is 2.46. The van der Waals surface area contributed by atoms with Crippen LogP contribution in [0.15, 0.2) is 43.0 Å². The van der Waals surface area contributed by atoms with Crippen molar-refractivity contribution >= 4 is 34.5 Å². The van der Waals surface area contributed by atoms with Gasteiger partial charge >= 0.3 is 0 Å². The summed E-state index contributed by atoms with van der Waals surface area (Å²) in [4.78, 5) is 16.4. The van der Waals surface area contributed by atoms with Gasteiger partial charge in [0.25, 0.3) is 0 Å². The Hall–Kier alpha value is -1.91. The van der Waals surface area contributed by atoms with Crippen molar-refractivity contribution < 1.29 is 4.79 Å². The number of carbonyl (C=O) groups excluding carboxylic acids is 1. The molecule has 0 aliphatic carbocycles. The van der Waals surface area contributed by atoms with Gasteiger partial charge in [0.15, 0.2) is 5.78 Å². The molecule has 2 heterocycles. The number of carbonyl (C=O) groups is 1. The maximum absolute atomic E-state index is 12.4. The molecule has 6 heteroatoms. The minimum atomic E-state index is -0.0581. The summed E-state index contributed by atoms with van der Waals surface area (Å²) >= 11 is 11.9. The lowest BCUT2D eigenvalue weighted by Gasteiger charge is -2.03. The van der Waals surface area contributed by atoms with E-state index in [1.54, 1.807) is 47.5 Å². The van der Waals surface area contributed by atoms with E-state index in [2.05, 4.69) is 10.1 Å². The van der Waals surface area contributed by atoms with Gasteiger partial charge in [-0.05, 0) is 17.7 Å². The molecule has 0 amide bonds. The predicted octanol–water partition coefficient (Wildman–Crippen LogP) is 3.46. The zero-order valence-electron chi connectivity index (χ0n) is 10.3. The van der Waals surface area contributed by atoms with E-state index in [-0.39, 0.29) is 12.2 Å². The van der Waals surface area contributed by atoms with Crippen molar-refractivity contribution in [2.45, 2.75) is 6.42 Å². The van der Waals surface area contributed by atoms with Gasteiger partial charge in [-0.25, -0.2) is 4.52 Å². The van der Waals surface area contributed by atoms with Gasteiger partial charge in [0, 0.05) is 28.9 Å². The molecule has 4 nitrogen and oxygen atoms in total. The molecule has 0 fully saturated rings. The lowest BCUT2D eigenvalue weighted by atomic mass is 10.0. The molecular formula is C14H9Cl2N3O. The zero-order chi connectivity index (χ0) is 14.1. The van der Waals surface area contributed by atoms with Crippen LogP contribution in [0.25, 0.3) is 5.52 Å². The van der Waals surface area contributed by atoms with Crippen molar-refractivity contribution in [3.63, 3.8) is 0 Å². The SMILES string of the molecule is O=C(Cc1ccc(Cl)cc1Cl)c1cnn2ccncc12. The summed E-state index contributed by atoms with van der Waals surface area (Å²) in [6, 6.07) is 5.10. The third-order valence-electron chi connectivity index (χ3n) is 2.99. The number of aromatic nitrogens is 3. The van der Waals surface area contributed by atoms with Gasteiger partial charge in [-0.2, -0.15) is 5.10 Å². The van der Waals surface area contributed by atoms with E-state index in [9.17, 15) is 4.79 Å². The highest BCUT2D eigenvalue weighted by atomic mass is 35.5. The molecule has 100 valence electrons. The Morgan fingerprint density at radius 1 is 1.25 bits per heavy atom. The average molecular weight is 306 g/mol. The molecule has 1 aromatic carbocycles. The number of rotatable bonds is 3. The van der Waals surface area contributed by atoms with Crippen LogP contribution in [0, 0.1) is 0 Å². The zero-order valence-corrected chi connectivity index (χ0v) is 11.8. The van der Waals surface area contributed by atoms with Crippen LogP contribution in [0.3, 0.4) is 0 Å². The summed E-state index contributed by atoms with van der Waals surface area (Å²) < 4.78 is 1.61. The lowest BCUT2D eigenvalue weighted by molar-refractivity contribution is 0.0994. The van der Waals surface area contributed by atoms with E-state index in [4.69, 9.17) is 23.2 Å². The van der Waals surface area contributed by atoms with Crippen molar-refractivity contribution in [3.8, 4) is 0 Å². The van der Waals surface area contributed by atoms with E-state index in [1.165, 1.54) is 0 Å². The van der Waals surface area contributed by atoms with Gasteiger partial charge in [0.1, 0.15) is 0 Å². The number of ketones is 1. The first-order chi connectivity index (χ1) is 9.65. The molecule has 0 N–H and O–H groups in total. The molecule has 3 rings (SSSR count). The summed E-state index contributed by atoms with van der Waals surface area (Å²) in [5.41, 5.74) is 1.95. The molecule has 3 aromatic rings. The van der Waals surface area contributed by atoms with E-state index in [1.807, 2.05) is 0 Å². The molecule has 0 radical (unpaired) electrons. The number of hydrogen-bond acceptors (Lipinski definition) is 3. The van der Waals surface area contributed by atoms with Crippen LogP contribution >= 0.6 is 23.2 Å². The molecular weight excluding hydrogens is 297 g/mol. The Morgan fingerprint density at radius 3 is 2.90 bits per heavy atom. The summed E-state index contributed by atoms with van der Waals surface area (Å²) in [7, 11) is 0. The smallest absolute Gasteiger partial charge is 0.171 e. The standard InChI is InChI=1S/C14H9Cl2N3O/c15-10-2-1-9(12(16)6-10)5-14(20)11-7-18-19-4-3-17-8-13(11)19/h1-4,6-8H,5H2. The molecule has 0 unspecified atom stereocenters. The number of hydrogen-bond donors (Lipinski definition) is 0. The molecule has 0 aliphatic heterocycles. The Labute approximate surface area is 125 Å². The van der Waals surface area contributed by atoms with Gasteiger partial charge in [0.05, 0.1) is 23.5 Å². The van der Waals surface area contributed by atoms with E-state index < -0.39 is 0 Å². The molecule has 0 bridgehead atoms. The number of nitrogens with zero attached hydrogens (tertiary/aromatic N) is 3. The van der Waals surface area contributed by atoms with Crippen LogP contribution in [-0.2, 0) is 6.42 Å². The molecule has 20 heavy (non-hydrogen) atoms. The third kappa shape index (κ3) is 2.40. The van der Waals surface area contributed by atoms with Crippen molar-refractivity contribution in [3.05, 3.63) is 64.2 Å². The van der Waals surface area contributed by atoms with Gasteiger partial charge in [-0.15, -0.1) is 0 Å². The van der Waals surface area contributed by atoms with E-state index >= 15 is 0 Å². The number of Topliss-reactive ketones (excluding diaryl/α,β-unsaturated/α-hetero) is 1. The number of fused-ring (bicyclic) bond motifs is 1. The first-order valence-electron chi connectivity index (χ1n) is 5.89. The Bertz CT molecular complexity index is 798.